The summed E-state index contributed by atoms with van der Waals surface area (Å²) in [6.45, 7) is 3.51. The Bertz CT molecular complexity index is 1310. The molecule has 1 atom stereocenters. The number of nitrogens with zero attached hydrogens (tertiary/aromatic N) is 3. The third kappa shape index (κ3) is 5.79. The zero-order valence-corrected chi connectivity index (χ0v) is 23.1. The van der Waals surface area contributed by atoms with Gasteiger partial charge >= 0.3 is 0 Å². The monoisotopic (exact) mass is 530 g/mol. The van der Waals surface area contributed by atoms with Gasteiger partial charge in [0.1, 0.15) is 23.8 Å². The molecule has 0 radical (unpaired) electrons. The van der Waals surface area contributed by atoms with Crippen molar-refractivity contribution in [3.8, 4) is 22.8 Å². The van der Waals surface area contributed by atoms with Crippen LogP contribution >= 0.6 is 0 Å². The van der Waals surface area contributed by atoms with E-state index >= 15 is 0 Å². The van der Waals surface area contributed by atoms with Gasteiger partial charge < -0.3 is 19.7 Å². The van der Waals surface area contributed by atoms with Crippen LogP contribution in [0.15, 0.2) is 54.6 Å². The molecule has 1 aromatic heterocycles. The van der Waals surface area contributed by atoms with Gasteiger partial charge in [0.2, 0.25) is 5.91 Å². The fourth-order valence-corrected chi connectivity index (χ4v) is 5.72. The number of methoxy groups -OCH3 is 1. The first-order valence-electron chi connectivity index (χ1n) is 13.9. The fraction of sp³-hybridized carbons (Fsp3) is 0.452. The number of aromatic nitrogens is 2. The highest BCUT2D eigenvalue weighted by Crippen LogP contribution is 2.38. The molecule has 8 nitrogen and oxygen atoms in total. The molecule has 0 saturated carbocycles. The van der Waals surface area contributed by atoms with Crippen molar-refractivity contribution in [1.29, 1.82) is 0 Å². The summed E-state index contributed by atoms with van der Waals surface area (Å²) < 4.78 is 13.0. The average molecular weight is 531 g/mol. The number of rotatable bonds is 3. The van der Waals surface area contributed by atoms with E-state index in [9.17, 15) is 9.59 Å². The number of carbonyl (C=O) groups excluding carboxylic acids is 2. The van der Waals surface area contributed by atoms with Crippen molar-refractivity contribution in [3.05, 3.63) is 65.9 Å². The summed E-state index contributed by atoms with van der Waals surface area (Å²) in [5, 5.41) is 7.80. The summed E-state index contributed by atoms with van der Waals surface area (Å²) in [6.07, 6.45) is 5.01. The Balaban J connectivity index is 1.27. The molecule has 3 heterocycles. The van der Waals surface area contributed by atoms with Gasteiger partial charge in [0.15, 0.2) is 0 Å². The highest BCUT2D eigenvalue weighted by molar-refractivity contribution is 5.94. The Morgan fingerprint density at radius 3 is 2.56 bits per heavy atom. The smallest absolute Gasteiger partial charge is 0.272 e. The van der Waals surface area contributed by atoms with Gasteiger partial charge in [0, 0.05) is 25.7 Å². The van der Waals surface area contributed by atoms with Crippen LogP contribution in [-0.4, -0.2) is 59.3 Å². The normalized spacial score (nSPS) is 19.7. The van der Waals surface area contributed by atoms with Gasteiger partial charge in [0.05, 0.1) is 24.3 Å². The Morgan fingerprint density at radius 2 is 1.82 bits per heavy atom. The highest BCUT2D eigenvalue weighted by atomic mass is 16.5. The van der Waals surface area contributed by atoms with E-state index in [2.05, 4.69) is 22.5 Å². The molecule has 0 bridgehead atoms. The standard InChI is InChI=1S/C31H38N4O4/c1-22-21-39-28-10-5-4-8-24(28)9-6-7-15-31(30(37)32-22)16-18-35(19-17-31)29(36)27-20-26(33-34(27)2)23-11-13-25(38-3)14-12-23/h4-5,8,10-14,20,22H,6-7,9,15-19,21H2,1-3H3,(H,32,37)/t22-/m0/s1. The maximum Gasteiger partial charge on any atom is 0.272 e. The molecule has 2 aromatic carbocycles. The van der Waals surface area contributed by atoms with Crippen LogP contribution in [0.4, 0.5) is 0 Å². The predicted molar refractivity (Wildman–Crippen MR) is 150 cm³/mol. The molecule has 3 aromatic rings. The topological polar surface area (TPSA) is 85.7 Å². The molecule has 2 aliphatic rings. The van der Waals surface area contributed by atoms with E-state index in [0.717, 1.165) is 48.4 Å². The predicted octanol–water partition coefficient (Wildman–Crippen LogP) is 4.63. The zero-order chi connectivity index (χ0) is 27.4. The van der Waals surface area contributed by atoms with Gasteiger partial charge in [-0.05, 0) is 81.0 Å². The summed E-state index contributed by atoms with van der Waals surface area (Å²) >= 11 is 0. The van der Waals surface area contributed by atoms with Crippen molar-refractivity contribution in [1.82, 2.24) is 20.0 Å². The van der Waals surface area contributed by atoms with Crippen LogP contribution in [0.2, 0.25) is 0 Å². The highest BCUT2D eigenvalue weighted by Gasteiger charge is 2.42. The number of amides is 2. The first kappa shape index (κ1) is 26.8. The molecule has 39 heavy (non-hydrogen) atoms. The minimum atomic E-state index is -0.468. The third-order valence-corrected chi connectivity index (χ3v) is 8.16. The van der Waals surface area contributed by atoms with E-state index in [-0.39, 0.29) is 17.9 Å². The number of benzene rings is 2. The van der Waals surface area contributed by atoms with E-state index in [0.29, 0.717) is 38.2 Å². The minimum Gasteiger partial charge on any atom is -0.497 e. The molecule has 0 aliphatic carbocycles. The lowest BCUT2D eigenvalue weighted by Gasteiger charge is -2.41. The van der Waals surface area contributed by atoms with Gasteiger partial charge in [0.25, 0.3) is 5.91 Å². The molecule has 206 valence electrons. The number of likely N-dealkylation sites (tertiary alicyclic amines) is 1. The molecular formula is C31H38N4O4. The van der Waals surface area contributed by atoms with Gasteiger partial charge in [-0.1, -0.05) is 24.6 Å². The second-order valence-corrected chi connectivity index (χ2v) is 10.8. The SMILES string of the molecule is COc1ccc(-c2cc(C(=O)N3CCC4(CCCCc5ccccc5OC[C@H](C)NC4=O)CC3)n(C)n2)cc1. The van der Waals surface area contributed by atoms with Crippen molar-refractivity contribution >= 4 is 11.8 Å². The van der Waals surface area contributed by atoms with E-state index in [1.165, 1.54) is 5.56 Å². The molecule has 0 unspecified atom stereocenters. The van der Waals surface area contributed by atoms with Gasteiger partial charge in [-0.15, -0.1) is 0 Å². The molecule has 2 amide bonds. The molecule has 1 saturated heterocycles. The van der Waals surface area contributed by atoms with E-state index in [1.54, 1.807) is 18.8 Å². The van der Waals surface area contributed by atoms with Crippen molar-refractivity contribution in [2.75, 3.05) is 26.8 Å². The van der Waals surface area contributed by atoms with Crippen molar-refractivity contribution in [3.63, 3.8) is 0 Å². The second kappa shape index (κ2) is 11.5. The molecule has 1 fully saturated rings. The second-order valence-electron chi connectivity index (χ2n) is 10.8. The molecule has 8 heteroatoms. The van der Waals surface area contributed by atoms with Gasteiger partial charge in [-0.3, -0.25) is 14.3 Å². The molecule has 1 spiro atoms. The lowest BCUT2D eigenvalue weighted by Crippen LogP contribution is -2.52. The fourth-order valence-electron chi connectivity index (χ4n) is 5.72. The lowest BCUT2D eigenvalue weighted by atomic mass is 9.73. The lowest BCUT2D eigenvalue weighted by molar-refractivity contribution is -0.135. The van der Waals surface area contributed by atoms with E-state index in [4.69, 9.17) is 9.47 Å². The van der Waals surface area contributed by atoms with Crippen molar-refractivity contribution < 1.29 is 19.1 Å². The summed E-state index contributed by atoms with van der Waals surface area (Å²) in [5.74, 6) is 1.72. The maximum atomic E-state index is 13.6. The number of piperidine rings is 1. The number of para-hydroxylation sites is 1. The summed E-state index contributed by atoms with van der Waals surface area (Å²) in [7, 11) is 3.43. The largest absolute Gasteiger partial charge is 0.497 e. The average Bonchev–Trinajstić information content (AvgIpc) is 3.35. The molecule has 1 N–H and O–H groups in total. The number of carbonyl (C=O) groups is 2. The number of aryl methyl sites for hydroxylation is 2. The molecule has 2 aliphatic heterocycles. The Hall–Kier alpha value is -3.81. The van der Waals surface area contributed by atoms with E-state index in [1.807, 2.05) is 54.3 Å². The summed E-state index contributed by atoms with van der Waals surface area (Å²) in [6, 6.07) is 17.6. The van der Waals surface area contributed by atoms with Crippen molar-refractivity contribution in [2.45, 2.75) is 51.5 Å². The van der Waals surface area contributed by atoms with Crippen LogP contribution in [0.3, 0.4) is 0 Å². The zero-order valence-electron chi connectivity index (χ0n) is 23.1. The van der Waals surface area contributed by atoms with Crippen LogP contribution in [0.5, 0.6) is 11.5 Å². The van der Waals surface area contributed by atoms with Crippen LogP contribution in [-0.2, 0) is 18.3 Å². The number of nitrogens with one attached hydrogen (secondary N) is 1. The Kier molecular flexibility index (Phi) is 7.91. The summed E-state index contributed by atoms with van der Waals surface area (Å²) in [5.41, 5.74) is 2.97. The maximum absolute atomic E-state index is 13.6. The van der Waals surface area contributed by atoms with Crippen molar-refractivity contribution in [2.24, 2.45) is 12.5 Å². The molecule has 5 rings (SSSR count). The quantitative estimate of drug-likeness (QED) is 0.534. The van der Waals surface area contributed by atoms with Gasteiger partial charge in [-0.2, -0.15) is 5.10 Å². The van der Waals surface area contributed by atoms with Crippen LogP contribution in [0.25, 0.3) is 11.3 Å². The number of hydrogen-bond acceptors (Lipinski definition) is 5. The Morgan fingerprint density at radius 1 is 1.08 bits per heavy atom. The van der Waals surface area contributed by atoms with Crippen LogP contribution in [0, 0.1) is 5.41 Å². The number of fused-ring (bicyclic) bond motifs is 1. The first-order valence-corrected chi connectivity index (χ1v) is 13.9. The summed E-state index contributed by atoms with van der Waals surface area (Å²) in [4.78, 5) is 29.0. The van der Waals surface area contributed by atoms with E-state index < -0.39 is 5.41 Å². The van der Waals surface area contributed by atoms with Crippen LogP contribution < -0.4 is 14.8 Å². The third-order valence-electron chi connectivity index (χ3n) is 8.16. The van der Waals surface area contributed by atoms with Crippen LogP contribution in [0.1, 0.15) is 55.1 Å². The van der Waals surface area contributed by atoms with Gasteiger partial charge in [-0.25, -0.2) is 0 Å². The first-order chi connectivity index (χ1) is 18.9. The Labute approximate surface area is 230 Å². The number of ether oxygens (including phenoxy) is 2. The molecular weight excluding hydrogens is 492 g/mol. The number of hydrogen-bond donors (Lipinski definition) is 1. The minimum absolute atomic E-state index is 0.0495.